The number of nitrogens with one attached hydrogen (secondary N) is 10. The summed E-state index contributed by atoms with van der Waals surface area (Å²) in [6.45, 7) is 15.4. The molecule has 10 amide bonds. The Morgan fingerprint density at radius 2 is 0.831 bits per heavy atom. The average Bonchev–Trinajstić information content (AvgIpc) is 3.40. The quantitative estimate of drug-likeness (QED) is 0.0333. The van der Waals surface area contributed by atoms with Gasteiger partial charge in [0.05, 0.1) is 12.6 Å². The molecule has 0 fully saturated rings. The number of alkyl carbamates (subject to hydrolysis) is 4. The Morgan fingerprint density at radius 3 is 1.30 bits per heavy atom. The Hall–Kier alpha value is -7.45. The van der Waals surface area contributed by atoms with Crippen LogP contribution in [0.1, 0.15) is 164 Å². The van der Waals surface area contributed by atoms with Crippen LogP contribution in [0, 0.1) is 0 Å². The molecule has 0 bridgehead atoms. The van der Waals surface area contributed by atoms with Gasteiger partial charge in [-0.2, -0.15) is 0 Å². The number of hydrogen-bond acceptors (Lipinski definition) is 16. The fourth-order valence-corrected chi connectivity index (χ4v) is 7.42. The summed E-state index contributed by atoms with van der Waals surface area (Å²) < 4.78 is 21.0. The zero-order valence-electron chi connectivity index (χ0n) is 50.1. The Morgan fingerprint density at radius 1 is 0.434 bits per heavy atom. The van der Waals surface area contributed by atoms with Crippen molar-refractivity contribution in [3.8, 4) is 0 Å². The summed E-state index contributed by atoms with van der Waals surface area (Å²) in [7, 11) is 0. The normalized spacial score (nSPS) is 12.7. The molecule has 1 aromatic rings. The Bertz CT molecular complexity index is 2200. The number of ether oxygens (including phenoxy) is 4. The molecule has 0 aliphatic heterocycles. The number of amides is 10. The smallest absolute Gasteiger partial charge is 0.407 e. The van der Waals surface area contributed by atoms with Gasteiger partial charge in [-0.1, -0.05) is 43.2 Å². The minimum atomic E-state index is -1.39. The lowest BCUT2D eigenvalue weighted by molar-refractivity contribution is -0.138. The number of carboxylic acid groups (broad SMARTS) is 1. The lowest BCUT2D eigenvalue weighted by Gasteiger charge is -2.24. The summed E-state index contributed by atoms with van der Waals surface area (Å²) in [5.41, 5.74) is 4.96. The fourth-order valence-electron chi connectivity index (χ4n) is 7.42. The molecule has 0 aromatic heterocycles. The van der Waals surface area contributed by atoms with E-state index in [-0.39, 0.29) is 64.8 Å². The Labute approximate surface area is 488 Å². The maximum absolute atomic E-state index is 14.2. The van der Waals surface area contributed by atoms with Gasteiger partial charge < -0.3 is 83.0 Å². The zero-order valence-corrected chi connectivity index (χ0v) is 50.1. The zero-order chi connectivity index (χ0) is 62.4. The molecule has 0 aliphatic carbocycles. The van der Waals surface area contributed by atoms with Crippen LogP contribution < -0.4 is 58.9 Å². The van der Waals surface area contributed by atoms with E-state index >= 15 is 0 Å². The van der Waals surface area contributed by atoms with E-state index in [0.29, 0.717) is 58.0 Å². The van der Waals surface area contributed by atoms with Crippen LogP contribution in [0.15, 0.2) is 30.3 Å². The van der Waals surface area contributed by atoms with Crippen LogP contribution in [0.3, 0.4) is 0 Å². The number of unbranched alkanes of at least 4 members (excludes halogenated alkanes) is 6. The number of carboxylic acids is 1. The standard InChI is InChI=1S/C56H95N11O16/c1-54(2,3)81-51(77)60-32-20-15-25-39(57)46(72)66-42(28-29-43(68)58-30-18-10-11-19-31-59-50(76)80-37-38-23-13-12-14-24-38)49(75)67-41(27-17-22-34-62-53(79)83-56(7,8)9)48(74)63-35-44(69)65-40(47(73)64-36-45(70)71)26-16-21-33-61-52(78)82-55(4,5)6/h12-14,23-24,39-42H,10-11,15-22,25-37,57H2,1-9H3,(H,58,68)(H,59,76)(H,60,77)(H,61,78)(H,62,79)(H,63,74)(H,64,73)(H,65,69)(H,66,72)(H,67,75)(H,70,71)/t39-,40-,41-,42-/m0/s1. The van der Waals surface area contributed by atoms with E-state index in [9.17, 15) is 52.7 Å². The van der Waals surface area contributed by atoms with Gasteiger partial charge in [0.1, 0.15) is 48.1 Å². The van der Waals surface area contributed by atoms with Crippen molar-refractivity contribution in [2.24, 2.45) is 5.73 Å². The number of carbonyl (C=O) groups excluding carboxylic acids is 10. The minimum Gasteiger partial charge on any atom is -0.480 e. The maximum Gasteiger partial charge on any atom is 0.407 e. The van der Waals surface area contributed by atoms with Gasteiger partial charge in [-0.15, -0.1) is 0 Å². The summed E-state index contributed by atoms with van der Waals surface area (Å²) >= 11 is 0. The van der Waals surface area contributed by atoms with Crippen LogP contribution in [0.4, 0.5) is 19.2 Å². The first-order valence-electron chi connectivity index (χ1n) is 28.5. The van der Waals surface area contributed by atoms with Gasteiger partial charge in [-0.05, 0) is 145 Å². The number of benzene rings is 1. The largest absolute Gasteiger partial charge is 0.480 e. The molecule has 0 heterocycles. The van der Waals surface area contributed by atoms with Crippen LogP contribution in [0.5, 0.6) is 0 Å². The lowest BCUT2D eigenvalue weighted by Crippen LogP contribution is -2.56. The number of hydrogen-bond donors (Lipinski definition) is 12. The van der Waals surface area contributed by atoms with Crippen LogP contribution in [-0.2, 0) is 59.1 Å². The van der Waals surface area contributed by atoms with Crippen molar-refractivity contribution in [3.63, 3.8) is 0 Å². The van der Waals surface area contributed by atoms with Gasteiger partial charge in [-0.3, -0.25) is 33.6 Å². The second-order valence-corrected chi connectivity index (χ2v) is 22.7. The third kappa shape index (κ3) is 40.4. The van der Waals surface area contributed by atoms with Gasteiger partial charge >= 0.3 is 30.3 Å². The van der Waals surface area contributed by atoms with Crippen LogP contribution >= 0.6 is 0 Å². The summed E-state index contributed by atoms with van der Waals surface area (Å²) in [6.07, 6.45) is 2.07. The molecule has 0 aliphatic rings. The van der Waals surface area contributed by atoms with E-state index in [4.69, 9.17) is 29.8 Å². The molecule has 4 atom stereocenters. The molecular weight excluding hydrogens is 1080 g/mol. The molecule has 27 heteroatoms. The van der Waals surface area contributed by atoms with Gasteiger partial charge in [0.15, 0.2) is 0 Å². The van der Waals surface area contributed by atoms with Gasteiger partial charge in [0.2, 0.25) is 35.4 Å². The molecule has 0 radical (unpaired) electrons. The van der Waals surface area contributed by atoms with E-state index in [2.05, 4.69) is 53.2 Å². The van der Waals surface area contributed by atoms with Crippen molar-refractivity contribution in [2.75, 3.05) is 45.8 Å². The van der Waals surface area contributed by atoms with Crippen molar-refractivity contribution < 1.29 is 76.8 Å². The van der Waals surface area contributed by atoms with E-state index in [1.165, 1.54) is 0 Å². The van der Waals surface area contributed by atoms with Crippen molar-refractivity contribution in [1.82, 2.24) is 53.2 Å². The summed E-state index contributed by atoms with van der Waals surface area (Å²) in [4.78, 5) is 141. The Balaban J connectivity index is 3.15. The first-order chi connectivity index (χ1) is 38.9. The summed E-state index contributed by atoms with van der Waals surface area (Å²) in [5, 5.41) is 35.0. The monoisotopic (exact) mass is 1180 g/mol. The van der Waals surface area contributed by atoms with Crippen molar-refractivity contribution in [2.45, 2.75) is 206 Å². The molecule has 470 valence electrons. The van der Waals surface area contributed by atoms with E-state index in [1.807, 2.05) is 30.3 Å². The highest BCUT2D eigenvalue weighted by Crippen LogP contribution is 2.12. The molecule has 0 saturated carbocycles. The Kier molecular flexibility index (Phi) is 35.4. The molecule has 1 aromatic carbocycles. The van der Waals surface area contributed by atoms with Gasteiger partial charge in [0.25, 0.3) is 0 Å². The molecular formula is C56H95N11O16. The summed E-state index contributed by atoms with van der Waals surface area (Å²) in [5.74, 6) is -5.83. The number of carbonyl (C=O) groups is 11. The van der Waals surface area contributed by atoms with Gasteiger partial charge in [-0.25, -0.2) is 19.2 Å². The second kappa shape index (κ2) is 39.9. The average molecular weight is 1180 g/mol. The molecule has 13 N–H and O–H groups in total. The van der Waals surface area contributed by atoms with E-state index < -0.39 is 120 Å². The van der Waals surface area contributed by atoms with Crippen molar-refractivity contribution >= 4 is 65.8 Å². The fraction of sp³-hybridized carbons (Fsp3) is 0.696. The van der Waals surface area contributed by atoms with Crippen LogP contribution in [0.25, 0.3) is 0 Å². The molecule has 0 unspecified atom stereocenters. The molecule has 0 saturated heterocycles. The first-order valence-corrected chi connectivity index (χ1v) is 28.5. The van der Waals surface area contributed by atoms with E-state index in [1.54, 1.807) is 62.3 Å². The molecule has 1 rings (SSSR count). The number of aliphatic carboxylic acids is 1. The van der Waals surface area contributed by atoms with Gasteiger partial charge in [0, 0.05) is 39.1 Å². The topological polar surface area (TPSA) is 391 Å². The highest BCUT2D eigenvalue weighted by molar-refractivity contribution is 5.95. The lowest BCUT2D eigenvalue weighted by atomic mass is 10.0. The van der Waals surface area contributed by atoms with Crippen LogP contribution in [-0.4, -0.2) is 158 Å². The number of nitrogens with two attached hydrogens (primary N) is 1. The number of rotatable bonds is 38. The highest BCUT2D eigenvalue weighted by atomic mass is 16.6. The molecule has 27 nitrogen and oxygen atoms in total. The SMILES string of the molecule is CC(C)(C)OC(=O)NCCCC[C@H](NC(=O)CNC(=O)[C@H](CCCCNC(=O)OC(C)(C)C)NC(=O)[C@H](CCC(=O)NCCCCCCNC(=O)OCc1ccccc1)NC(=O)[C@@H](N)CCCCNC(=O)OC(C)(C)C)C(=O)NCC(=O)O. The predicted octanol–water partition coefficient (Wildman–Crippen LogP) is 3.55. The van der Waals surface area contributed by atoms with Crippen molar-refractivity contribution in [3.05, 3.63) is 35.9 Å². The molecule has 0 spiro atoms. The van der Waals surface area contributed by atoms with Crippen molar-refractivity contribution in [1.29, 1.82) is 0 Å². The van der Waals surface area contributed by atoms with E-state index in [0.717, 1.165) is 18.4 Å². The first kappa shape index (κ1) is 73.6. The maximum atomic E-state index is 14.2. The molecule has 83 heavy (non-hydrogen) atoms. The highest BCUT2D eigenvalue weighted by Gasteiger charge is 2.30. The van der Waals surface area contributed by atoms with Crippen LogP contribution in [0.2, 0.25) is 0 Å². The third-order valence-electron chi connectivity index (χ3n) is 11.4. The second-order valence-electron chi connectivity index (χ2n) is 22.7. The predicted molar refractivity (Wildman–Crippen MR) is 307 cm³/mol. The summed E-state index contributed by atoms with van der Waals surface area (Å²) in [6, 6.07) is 4.18. The minimum absolute atomic E-state index is 0.0200. The third-order valence-corrected chi connectivity index (χ3v) is 11.4.